The summed E-state index contributed by atoms with van der Waals surface area (Å²) in [6.07, 6.45) is 10.0. The molecule has 0 spiro atoms. The van der Waals surface area contributed by atoms with Crippen molar-refractivity contribution in [3.63, 3.8) is 0 Å². The van der Waals surface area contributed by atoms with Crippen LogP contribution in [0.25, 0.3) is 11.5 Å². The van der Waals surface area contributed by atoms with Gasteiger partial charge < -0.3 is 18.9 Å². The number of hydrogen-bond acceptors (Lipinski definition) is 6. The van der Waals surface area contributed by atoms with Gasteiger partial charge in [-0.1, -0.05) is 11.6 Å². The Balaban J connectivity index is 1.38. The molecule has 0 bridgehead atoms. The molecule has 2 heterocycles. The lowest BCUT2D eigenvalue weighted by Gasteiger charge is -2.22. The highest BCUT2D eigenvalue weighted by Gasteiger charge is 2.26. The van der Waals surface area contributed by atoms with Gasteiger partial charge >= 0.3 is 6.09 Å². The van der Waals surface area contributed by atoms with Crippen molar-refractivity contribution in [2.24, 2.45) is 5.92 Å². The topological polar surface area (TPSA) is 77.7 Å². The SMILES string of the molecule is Cc1noc(-c2ccc(OC3CCCCC3)cn2)c1COC(=O)N(C)CC1CC1. The molecule has 2 aliphatic rings. The molecule has 0 N–H and O–H groups in total. The Labute approximate surface area is 171 Å². The number of amides is 1. The van der Waals surface area contributed by atoms with Crippen molar-refractivity contribution < 1.29 is 18.8 Å². The van der Waals surface area contributed by atoms with Crippen LogP contribution in [0.3, 0.4) is 0 Å². The van der Waals surface area contributed by atoms with Gasteiger partial charge in [0.25, 0.3) is 0 Å². The van der Waals surface area contributed by atoms with E-state index in [1.54, 1.807) is 18.1 Å². The molecule has 0 radical (unpaired) electrons. The van der Waals surface area contributed by atoms with Gasteiger partial charge in [-0.15, -0.1) is 0 Å². The van der Waals surface area contributed by atoms with Crippen LogP contribution in [0.2, 0.25) is 0 Å². The quantitative estimate of drug-likeness (QED) is 0.669. The fraction of sp³-hybridized carbons (Fsp3) is 0.591. The zero-order valence-electron chi connectivity index (χ0n) is 17.2. The minimum atomic E-state index is -0.326. The van der Waals surface area contributed by atoms with E-state index in [1.807, 2.05) is 19.1 Å². The predicted molar refractivity (Wildman–Crippen MR) is 108 cm³/mol. The maximum absolute atomic E-state index is 12.2. The van der Waals surface area contributed by atoms with Gasteiger partial charge in [-0.25, -0.2) is 9.78 Å². The number of nitrogens with zero attached hydrogens (tertiary/aromatic N) is 3. The highest BCUT2D eigenvalue weighted by molar-refractivity contribution is 5.67. The number of rotatable bonds is 7. The third-order valence-electron chi connectivity index (χ3n) is 5.69. The summed E-state index contributed by atoms with van der Waals surface area (Å²) in [5, 5.41) is 4.04. The molecular weight excluding hydrogens is 370 g/mol. The maximum Gasteiger partial charge on any atom is 0.409 e. The Morgan fingerprint density at radius 1 is 1.21 bits per heavy atom. The second kappa shape index (κ2) is 8.84. The van der Waals surface area contributed by atoms with Crippen molar-refractivity contribution in [1.82, 2.24) is 15.0 Å². The third-order valence-corrected chi connectivity index (χ3v) is 5.69. The monoisotopic (exact) mass is 399 g/mol. The van der Waals surface area contributed by atoms with Gasteiger partial charge in [0.05, 0.1) is 23.6 Å². The molecular formula is C22H29N3O4. The molecule has 0 aliphatic heterocycles. The molecule has 2 aliphatic carbocycles. The van der Waals surface area contributed by atoms with Gasteiger partial charge in [0.1, 0.15) is 18.1 Å². The number of aryl methyl sites for hydroxylation is 1. The van der Waals surface area contributed by atoms with Crippen molar-refractivity contribution >= 4 is 6.09 Å². The molecule has 2 fully saturated rings. The molecule has 29 heavy (non-hydrogen) atoms. The van der Waals surface area contributed by atoms with Crippen LogP contribution in [0.1, 0.15) is 56.2 Å². The summed E-state index contributed by atoms with van der Waals surface area (Å²) in [6.45, 7) is 2.70. The van der Waals surface area contributed by atoms with E-state index in [9.17, 15) is 4.79 Å². The van der Waals surface area contributed by atoms with Crippen molar-refractivity contribution in [2.45, 2.75) is 64.6 Å². The van der Waals surface area contributed by atoms with Crippen LogP contribution in [0, 0.1) is 12.8 Å². The summed E-state index contributed by atoms with van der Waals surface area (Å²) in [7, 11) is 1.77. The normalized spacial score (nSPS) is 17.2. The first kappa shape index (κ1) is 19.7. The standard InChI is InChI=1S/C22H29N3O4/c1-15-19(14-27-22(26)25(2)13-16-8-9-16)21(29-24-15)20-11-10-18(12-23-20)28-17-6-4-3-5-7-17/h10-12,16-17H,3-9,13-14H2,1-2H3. The molecule has 4 rings (SSSR count). The van der Waals surface area contributed by atoms with E-state index < -0.39 is 0 Å². The summed E-state index contributed by atoms with van der Waals surface area (Å²) in [6, 6.07) is 3.77. The van der Waals surface area contributed by atoms with Crippen LogP contribution in [0.15, 0.2) is 22.9 Å². The minimum Gasteiger partial charge on any atom is -0.489 e. The molecule has 7 heteroatoms. The lowest BCUT2D eigenvalue weighted by molar-refractivity contribution is 0.103. The van der Waals surface area contributed by atoms with E-state index in [-0.39, 0.29) is 18.8 Å². The number of ether oxygens (including phenoxy) is 2. The highest BCUT2D eigenvalue weighted by atomic mass is 16.6. The summed E-state index contributed by atoms with van der Waals surface area (Å²) in [5.74, 6) is 1.93. The van der Waals surface area contributed by atoms with E-state index in [0.717, 1.165) is 30.7 Å². The van der Waals surface area contributed by atoms with Crippen LogP contribution < -0.4 is 4.74 Å². The van der Waals surface area contributed by atoms with Crippen molar-refractivity contribution in [3.05, 3.63) is 29.6 Å². The average Bonchev–Trinajstić information content (AvgIpc) is 3.48. The smallest absolute Gasteiger partial charge is 0.409 e. The van der Waals surface area contributed by atoms with Gasteiger partial charge in [-0.2, -0.15) is 0 Å². The lowest BCUT2D eigenvalue weighted by Crippen LogP contribution is -2.29. The van der Waals surface area contributed by atoms with Crippen LogP contribution in [-0.2, 0) is 11.3 Å². The molecule has 156 valence electrons. The highest BCUT2D eigenvalue weighted by Crippen LogP contribution is 2.30. The summed E-state index contributed by atoms with van der Waals surface area (Å²) >= 11 is 0. The minimum absolute atomic E-state index is 0.112. The summed E-state index contributed by atoms with van der Waals surface area (Å²) in [4.78, 5) is 18.3. The molecule has 2 aromatic rings. The van der Waals surface area contributed by atoms with Crippen molar-refractivity contribution in [1.29, 1.82) is 0 Å². The fourth-order valence-electron chi connectivity index (χ4n) is 3.73. The zero-order chi connectivity index (χ0) is 20.2. The van der Waals surface area contributed by atoms with Crippen molar-refractivity contribution in [3.8, 4) is 17.2 Å². The van der Waals surface area contributed by atoms with Gasteiger partial charge in [-0.05, 0) is 63.5 Å². The first-order chi connectivity index (χ1) is 14.1. The van der Waals surface area contributed by atoms with E-state index in [1.165, 1.54) is 32.1 Å². The molecule has 0 atom stereocenters. The van der Waals surface area contributed by atoms with Gasteiger partial charge in [0, 0.05) is 13.6 Å². The van der Waals surface area contributed by atoms with E-state index in [0.29, 0.717) is 23.1 Å². The average molecular weight is 399 g/mol. The number of aromatic nitrogens is 2. The van der Waals surface area contributed by atoms with Gasteiger partial charge in [-0.3, -0.25) is 0 Å². The number of carbonyl (C=O) groups excluding carboxylic acids is 1. The Morgan fingerprint density at radius 3 is 2.69 bits per heavy atom. The van der Waals surface area contributed by atoms with E-state index >= 15 is 0 Å². The Morgan fingerprint density at radius 2 is 2.00 bits per heavy atom. The molecule has 1 amide bonds. The van der Waals surface area contributed by atoms with Crippen LogP contribution >= 0.6 is 0 Å². The third kappa shape index (κ3) is 5.08. The molecule has 2 saturated carbocycles. The lowest BCUT2D eigenvalue weighted by atomic mass is 9.98. The Bertz CT molecular complexity index is 823. The van der Waals surface area contributed by atoms with Crippen LogP contribution in [-0.4, -0.2) is 40.8 Å². The fourth-order valence-corrected chi connectivity index (χ4v) is 3.73. The molecule has 0 aromatic carbocycles. The molecule has 0 unspecified atom stereocenters. The van der Waals surface area contributed by atoms with Gasteiger partial charge in [0.2, 0.25) is 0 Å². The first-order valence-electron chi connectivity index (χ1n) is 10.6. The zero-order valence-corrected chi connectivity index (χ0v) is 17.2. The summed E-state index contributed by atoms with van der Waals surface area (Å²) < 4.78 is 17.0. The van der Waals surface area contributed by atoms with Gasteiger partial charge in [0.15, 0.2) is 5.76 Å². The Hall–Kier alpha value is -2.57. The number of carbonyl (C=O) groups is 1. The molecule has 2 aromatic heterocycles. The van der Waals surface area contributed by atoms with E-state index in [2.05, 4.69) is 10.1 Å². The predicted octanol–water partition coefficient (Wildman–Crippen LogP) is 4.73. The van der Waals surface area contributed by atoms with Crippen LogP contribution in [0.4, 0.5) is 4.79 Å². The van der Waals surface area contributed by atoms with Crippen LogP contribution in [0.5, 0.6) is 5.75 Å². The second-order valence-electron chi connectivity index (χ2n) is 8.21. The van der Waals surface area contributed by atoms with Crippen molar-refractivity contribution in [2.75, 3.05) is 13.6 Å². The first-order valence-corrected chi connectivity index (χ1v) is 10.6. The second-order valence-corrected chi connectivity index (χ2v) is 8.21. The molecule has 7 nitrogen and oxygen atoms in total. The largest absolute Gasteiger partial charge is 0.489 e. The molecule has 0 saturated heterocycles. The summed E-state index contributed by atoms with van der Waals surface area (Å²) in [5.41, 5.74) is 2.09. The maximum atomic E-state index is 12.2. The number of pyridine rings is 1. The van der Waals surface area contributed by atoms with E-state index in [4.69, 9.17) is 14.0 Å². The number of hydrogen-bond donors (Lipinski definition) is 0. The Kier molecular flexibility index (Phi) is 6.02.